The maximum atomic E-state index is 12.3. The average Bonchev–Trinajstić information content (AvgIpc) is 3.28. The number of aromatic nitrogens is 2. The number of amides is 2. The van der Waals surface area contributed by atoms with Gasteiger partial charge in [-0.3, -0.25) is 14.3 Å². The Bertz CT molecular complexity index is 809. The molecule has 0 saturated heterocycles. The number of carbonyl (C=O) groups excluding carboxylic acids is 2. The van der Waals surface area contributed by atoms with Crippen LogP contribution in [0.2, 0.25) is 0 Å². The van der Waals surface area contributed by atoms with Crippen LogP contribution in [0.5, 0.6) is 5.75 Å². The number of carbonyl (C=O) groups is 2. The summed E-state index contributed by atoms with van der Waals surface area (Å²) in [5, 5.41) is 9.99. The van der Waals surface area contributed by atoms with Gasteiger partial charge in [0.25, 0.3) is 0 Å². The van der Waals surface area contributed by atoms with Crippen LogP contribution < -0.4 is 15.4 Å². The fourth-order valence-electron chi connectivity index (χ4n) is 3.37. The van der Waals surface area contributed by atoms with Gasteiger partial charge >= 0.3 is 0 Å². The van der Waals surface area contributed by atoms with Gasteiger partial charge < -0.3 is 15.4 Å². The molecule has 1 aliphatic carbocycles. The molecule has 1 aliphatic rings. The SMILES string of the molecule is COc1cc(CC(=O)Nc2cnn(CC(=O)NC3CCCC3)c2)ccc1C. The third-order valence-electron chi connectivity index (χ3n) is 4.78. The van der Waals surface area contributed by atoms with E-state index in [0.29, 0.717) is 11.7 Å². The van der Waals surface area contributed by atoms with Crippen molar-refractivity contribution in [2.75, 3.05) is 12.4 Å². The van der Waals surface area contributed by atoms with Crippen molar-refractivity contribution in [2.24, 2.45) is 0 Å². The van der Waals surface area contributed by atoms with Gasteiger partial charge in [0, 0.05) is 12.2 Å². The van der Waals surface area contributed by atoms with E-state index in [0.717, 1.165) is 29.7 Å². The molecular formula is C20H26N4O3. The molecule has 0 radical (unpaired) electrons. The number of nitrogens with one attached hydrogen (secondary N) is 2. The van der Waals surface area contributed by atoms with Gasteiger partial charge in [-0.1, -0.05) is 25.0 Å². The fourth-order valence-corrected chi connectivity index (χ4v) is 3.37. The van der Waals surface area contributed by atoms with Crippen LogP contribution in [0.1, 0.15) is 36.8 Å². The summed E-state index contributed by atoms with van der Waals surface area (Å²) < 4.78 is 6.83. The van der Waals surface area contributed by atoms with E-state index in [4.69, 9.17) is 4.74 Å². The van der Waals surface area contributed by atoms with E-state index >= 15 is 0 Å². The van der Waals surface area contributed by atoms with Crippen molar-refractivity contribution < 1.29 is 14.3 Å². The lowest BCUT2D eigenvalue weighted by molar-refractivity contribution is -0.122. The highest BCUT2D eigenvalue weighted by molar-refractivity contribution is 5.92. The molecule has 2 aromatic rings. The first-order valence-corrected chi connectivity index (χ1v) is 9.28. The van der Waals surface area contributed by atoms with E-state index in [2.05, 4.69) is 15.7 Å². The third kappa shape index (κ3) is 5.32. The molecule has 0 bridgehead atoms. The van der Waals surface area contributed by atoms with E-state index in [1.54, 1.807) is 19.5 Å². The van der Waals surface area contributed by atoms with E-state index in [1.807, 2.05) is 25.1 Å². The largest absolute Gasteiger partial charge is 0.496 e. The lowest BCUT2D eigenvalue weighted by Crippen LogP contribution is -2.35. The summed E-state index contributed by atoms with van der Waals surface area (Å²) in [7, 11) is 1.61. The van der Waals surface area contributed by atoms with Gasteiger partial charge in [-0.05, 0) is 37.0 Å². The summed E-state index contributed by atoms with van der Waals surface area (Å²) in [5.74, 6) is 0.576. The average molecular weight is 370 g/mol. The zero-order valence-corrected chi connectivity index (χ0v) is 15.8. The summed E-state index contributed by atoms with van der Waals surface area (Å²) in [6.07, 6.45) is 7.92. The van der Waals surface area contributed by atoms with Gasteiger partial charge in [-0.25, -0.2) is 0 Å². The fraction of sp³-hybridized carbons (Fsp3) is 0.450. The molecule has 1 fully saturated rings. The Hall–Kier alpha value is -2.83. The van der Waals surface area contributed by atoms with E-state index in [-0.39, 0.29) is 24.8 Å². The molecule has 1 saturated carbocycles. The Morgan fingerprint density at radius 1 is 1.26 bits per heavy atom. The predicted molar refractivity (Wildman–Crippen MR) is 103 cm³/mol. The molecule has 2 amide bonds. The predicted octanol–water partition coefficient (Wildman–Crippen LogP) is 2.44. The van der Waals surface area contributed by atoms with Crippen molar-refractivity contribution in [3.63, 3.8) is 0 Å². The molecule has 0 atom stereocenters. The van der Waals surface area contributed by atoms with Crippen LogP contribution in [-0.4, -0.2) is 34.7 Å². The molecule has 0 aliphatic heterocycles. The number of benzene rings is 1. The lowest BCUT2D eigenvalue weighted by atomic mass is 10.1. The van der Waals surface area contributed by atoms with E-state index in [9.17, 15) is 9.59 Å². The molecule has 3 rings (SSSR count). The van der Waals surface area contributed by atoms with Gasteiger partial charge in [0.05, 0.1) is 25.4 Å². The Labute approximate surface area is 159 Å². The quantitative estimate of drug-likeness (QED) is 0.784. The minimum Gasteiger partial charge on any atom is -0.496 e. The minimum absolute atomic E-state index is 0.0466. The second-order valence-electron chi connectivity index (χ2n) is 7.00. The van der Waals surface area contributed by atoms with Crippen LogP contribution in [0.15, 0.2) is 30.6 Å². The van der Waals surface area contributed by atoms with Crippen molar-refractivity contribution in [3.05, 3.63) is 41.7 Å². The zero-order chi connectivity index (χ0) is 19.2. The topological polar surface area (TPSA) is 85.2 Å². The standard InChI is InChI=1S/C20H26N4O3/c1-14-7-8-15(9-18(14)27-2)10-19(25)23-17-11-21-24(12-17)13-20(26)22-16-5-3-4-6-16/h7-9,11-12,16H,3-6,10,13H2,1-2H3,(H,22,26)(H,23,25). The second-order valence-corrected chi connectivity index (χ2v) is 7.00. The summed E-state index contributed by atoms with van der Waals surface area (Å²) in [6, 6.07) is 6.00. The molecule has 0 unspecified atom stereocenters. The van der Waals surface area contributed by atoms with Crippen molar-refractivity contribution in [1.29, 1.82) is 0 Å². The number of hydrogen-bond donors (Lipinski definition) is 2. The molecule has 7 heteroatoms. The number of aryl methyl sites for hydroxylation is 1. The van der Waals surface area contributed by atoms with E-state index in [1.165, 1.54) is 17.5 Å². The van der Waals surface area contributed by atoms with Crippen molar-refractivity contribution in [2.45, 2.75) is 51.6 Å². The first-order chi connectivity index (χ1) is 13.0. The highest BCUT2D eigenvalue weighted by Crippen LogP contribution is 2.20. The number of hydrogen-bond acceptors (Lipinski definition) is 4. The molecular weight excluding hydrogens is 344 g/mol. The molecule has 27 heavy (non-hydrogen) atoms. The van der Waals surface area contributed by atoms with Crippen LogP contribution >= 0.6 is 0 Å². The van der Waals surface area contributed by atoms with Gasteiger partial charge in [0.15, 0.2) is 0 Å². The second kappa shape index (κ2) is 8.70. The van der Waals surface area contributed by atoms with Gasteiger partial charge in [-0.2, -0.15) is 5.10 Å². The highest BCUT2D eigenvalue weighted by atomic mass is 16.5. The number of anilines is 1. The maximum Gasteiger partial charge on any atom is 0.241 e. The zero-order valence-electron chi connectivity index (χ0n) is 15.8. The van der Waals surface area contributed by atoms with E-state index < -0.39 is 0 Å². The Morgan fingerprint density at radius 3 is 2.78 bits per heavy atom. The summed E-state index contributed by atoms with van der Waals surface area (Å²) in [5.41, 5.74) is 2.48. The number of methoxy groups -OCH3 is 1. The first-order valence-electron chi connectivity index (χ1n) is 9.28. The Morgan fingerprint density at radius 2 is 2.04 bits per heavy atom. The van der Waals surface area contributed by atoms with Gasteiger partial charge in [0.2, 0.25) is 11.8 Å². The monoisotopic (exact) mass is 370 g/mol. The lowest BCUT2D eigenvalue weighted by Gasteiger charge is -2.11. The molecule has 1 aromatic heterocycles. The number of nitrogens with zero attached hydrogens (tertiary/aromatic N) is 2. The normalized spacial score (nSPS) is 14.1. The molecule has 0 spiro atoms. The van der Waals surface area contributed by atoms with Crippen LogP contribution in [0.25, 0.3) is 0 Å². The molecule has 144 valence electrons. The van der Waals surface area contributed by atoms with Crippen LogP contribution in [-0.2, 0) is 22.6 Å². The minimum atomic E-state index is -0.143. The number of rotatable bonds is 7. The van der Waals surface area contributed by atoms with Crippen molar-refractivity contribution in [3.8, 4) is 5.75 Å². The molecule has 7 nitrogen and oxygen atoms in total. The summed E-state index contributed by atoms with van der Waals surface area (Å²) >= 11 is 0. The van der Waals surface area contributed by atoms with Crippen LogP contribution in [0, 0.1) is 6.92 Å². The molecule has 1 aromatic carbocycles. The smallest absolute Gasteiger partial charge is 0.241 e. The van der Waals surface area contributed by atoms with Gasteiger partial charge in [0.1, 0.15) is 12.3 Å². The first kappa shape index (κ1) is 18.9. The summed E-state index contributed by atoms with van der Waals surface area (Å²) in [4.78, 5) is 24.3. The Kier molecular flexibility index (Phi) is 6.11. The third-order valence-corrected chi connectivity index (χ3v) is 4.78. The Balaban J connectivity index is 1.50. The summed E-state index contributed by atoms with van der Waals surface area (Å²) in [6.45, 7) is 2.11. The number of ether oxygens (including phenoxy) is 1. The van der Waals surface area contributed by atoms with Crippen LogP contribution in [0.3, 0.4) is 0 Å². The molecule has 1 heterocycles. The van der Waals surface area contributed by atoms with Crippen LogP contribution in [0.4, 0.5) is 5.69 Å². The highest BCUT2D eigenvalue weighted by Gasteiger charge is 2.17. The maximum absolute atomic E-state index is 12.3. The van der Waals surface area contributed by atoms with Crippen molar-refractivity contribution in [1.82, 2.24) is 15.1 Å². The van der Waals surface area contributed by atoms with Gasteiger partial charge in [-0.15, -0.1) is 0 Å². The van der Waals surface area contributed by atoms with Crippen molar-refractivity contribution >= 4 is 17.5 Å². The molecule has 2 N–H and O–H groups in total.